The van der Waals surface area contributed by atoms with Gasteiger partial charge in [0.2, 0.25) is 5.95 Å². The van der Waals surface area contributed by atoms with Crippen LogP contribution in [-0.4, -0.2) is 25.7 Å². The molecule has 0 saturated heterocycles. The molecule has 0 fully saturated rings. The highest BCUT2D eigenvalue weighted by Crippen LogP contribution is 2.29. The van der Waals surface area contributed by atoms with Crippen LogP contribution < -0.4 is 10.9 Å². The number of hydrogen-bond donors (Lipinski definition) is 2. The van der Waals surface area contributed by atoms with Crippen LogP contribution >= 0.6 is 0 Å². The van der Waals surface area contributed by atoms with E-state index >= 15 is 0 Å². The van der Waals surface area contributed by atoms with Gasteiger partial charge < -0.3 is 9.73 Å². The lowest BCUT2D eigenvalue weighted by Gasteiger charge is -2.10. The summed E-state index contributed by atoms with van der Waals surface area (Å²) in [5.74, 6) is 0.0373. The standard InChI is InChI=1S/C22H16F3N5O3/c23-22(24,25)13-8-6-12(7-9-13)19(31)27-18-11-16(17-5-2-10-33-17)29-30(18)21-26-15-4-1-3-14(15)20(32)28-21/h2,5-11H,1,3-4H2,(H,27,31)(H,26,28,32). The van der Waals surface area contributed by atoms with Crippen molar-refractivity contribution in [2.75, 3.05) is 5.32 Å². The molecule has 33 heavy (non-hydrogen) atoms. The van der Waals surface area contributed by atoms with Gasteiger partial charge in [-0.2, -0.15) is 23.0 Å². The first-order chi connectivity index (χ1) is 15.8. The normalized spacial score (nSPS) is 13.2. The molecule has 0 atom stereocenters. The second-order valence-electron chi connectivity index (χ2n) is 7.50. The Balaban J connectivity index is 1.52. The van der Waals surface area contributed by atoms with E-state index in [9.17, 15) is 22.8 Å². The molecular formula is C22H16F3N5O3. The maximum absolute atomic E-state index is 12.8. The number of fused-ring (bicyclic) bond motifs is 1. The van der Waals surface area contributed by atoms with E-state index in [0.29, 0.717) is 35.6 Å². The Morgan fingerprint density at radius 1 is 1.15 bits per heavy atom. The van der Waals surface area contributed by atoms with Gasteiger partial charge in [-0.1, -0.05) is 0 Å². The lowest BCUT2D eigenvalue weighted by molar-refractivity contribution is -0.137. The van der Waals surface area contributed by atoms with Gasteiger partial charge in [0.05, 0.1) is 17.5 Å². The lowest BCUT2D eigenvalue weighted by Crippen LogP contribution is -2.21. The van der Waals surface area contributed by atoms with Crippen molar-refractivity contribution in [3.05, 3.63) is 81.5 Å². The van der Waals surface area contributed by atoms with E-state index in [-0.39, 0.29) is 22.9 Å². The van der Waals surface area contributed by atoms with Crippen LogP contribution in [0.25, 0.3) is 17.4 Å². The minimum atomic E-state index is -4.50. The molecule has 1 aliphatic carbocycles. The summed E-state index contributed by atoms with van der Waals surface area (Å²) in [6.45, 7) is 0. The highest BCUT2D eigenvalue weighted by atomic mass is 19.4. The number of hydrogen-bond acceptors (Lipinski definition) is 5. The molecule has 1 aromatic carbocycles. The predicted octanol–water partition coefficient (Wildman–Crippen LogP) is 3.98. The zero-order valence-corrected chi connectivity index (χ0v) is 16.9. The number of benzene rings is 1. The minimum Gasteiger partial charge on any atom is -0.463 e. The van der Waals surface area contributed by atoms with Gasteiger partial charge in [0.1, 0.15) is 11.5 Å². The number of aromatic nitrogens is 4. The molecule has 11 heteroatoms. The van der Waals surface area contributed by atoms with Gasteiger partial charge in [0.15, 0.2) is 5.76 Å². The molecule has 0 unspecified atom stereocenters. The number of nitrogens with one attached hydrogen (secondary N) is 2. The van der Waals surface area contributed by atoms with Crippen molar-refractivity contribution in [3.63, 3.8) is 0 Å². The summed E-state index contributed by atoms with van der Waals surface area (Å²) in [4.78, 5) is 32.4. The first-order valence-electron chi connectivity index (χ1n) is 10.0. The third-order valence-corrected chi connectivity index (χ3v) is 5.33. The summed E-state index contributed by atoms with van der Waals surface area (Å²) in [6, 6.07) is 8.70. The maximum Gasteiger partial charge on any atom is 0.416 e. The summed E-state index contributed by atoms with van der Waals surface area (Å²) >= 11 is 0. The second-order valence-corrected chi connectivity index (χ2v) is 7.50. The SMILES string of the molecule is O=C(Nc1cc(-c2ccco2)nn1-c1nc2c(c(=O)[nH]1)CCC2)c1ccc(C(F)(F)F)cc1. The average molecular weight is 455 g/mol. The molecule has 0 radical (unpaired) electrons. The topological polar surface area (TPSA) is 106 Å². The highest BCUT2D eigenvalue weighted by Gasteiger charge is 2.30. The zero-order chi connectivity index (χ0) is 23.2. The Labute approximate surface area is 184 Å². The van der Waals surface area contributed by atoms with Gasteiger partial charge in [0.25, 0.3) is 11.5 Å². The fourth-order valence-electron chi connectivity index (χ4n) is 3.70. The van der Waals surface area contributed by atoms with Crippen LogP contribution in [0.15, 0.2) is 57.9 Å². The number of carbonyl (C=O) groups is 1. The number of anilines is 1. The first-order valence-corrected chi connectivity index (χ1v) is 10.0. The molecule has 5 rings (SSSR count). The van der Waals surface area contributed by atoms with Crippen molar-refractivity contribution in [2.24, 2.45) is 0 Å². The van der Waals surface area contributed by atoms with Crippen LogP contribution in [0, 0.1) is 0 Å². The number of H-pyrrole nitrogens is 1. The van der Waals surface area contributed by atoms with Gasteiger partial charge in [0, 0.05) is 17.2 Å². The summed E-state index contributed by atoms with van der Waals surface area (Å²) in [6.07, 6.45) is -0.915. The van der Waals surface area contributed by atoms with E-state index < -0.39 is 17.6 Å². The summed E-state index contributed by atoms with van der Waals surface area (Å²) < 4.78 is 45.1. The Morgan fingerprint density at radius 2 is 1.94 bits per heavy atom. The van der Waals surface area contributed by atoms with Crippen molar-refractivity contribution in [1.29, 1.82) is 0 Å². The number of amides is 1. The van der Waals surface area contributed by atoms with Crippen LogP contribution in [-0.2, 0) is 19.0 Å². The molecule has 3 aromatic heterocycles. The molecule has 2 N–H and O–H groups in total. The molecule has 8 nitrogen and oxygen atoms in total. The van der Waals surface area contributed by atoms with Crippen molar-refractivity contribution < 1.29 is 22.4 Å². The van der Waals surface area contributed by atoms with Crippen LogP contribution in [0.1, 0.15) is 33.6 Å². The molecule has 1 aliphatic rings. The predicted molar refractivity (Wildman–Crippen MR) is 111 cm³/mol. The Kier molecular flexibility index (Phi) is 4.88. The molecule has 4 aromatic rings. The number of halogens is 3. The highest BCUT2D eigenvalue weighted by molar-refractivity contribution is 6.04. The maximum atomic E-state index is 12.8. The molecule has 1 amide bonds. The number of aromatic amines is 1. The van der Waals surface area contributed by atoms with Gasteiger partial charge in [-0.25, -0.2) is 4.98 Å². The number of carbonyl (C=O) groups excluding carboxylic acids is 1. The number of nitrogens with zero attached hydrogens (tertiary/aromatic N) is 3. The first kappa shape index (κ1) is 20.7. The number of aryl methyl sites for hydroxylation is 1. The summed E-state index contributed by atoms with van der Waals surface area (Å²) in [5.41, 5.74) is 0.555. The Bertz CT molecular complexity index is 1390. The third kappa shape index (κ3) is 3.93. The Morgan fingerprint density at radius 3 is 2.64 bits per heavy atom. The van der Waals surface area contributed by atoms with Crippen LogP contribution in [0.3, 0.4) is 0 Å². The third-order valence-electron chi connectivity index (χ3n) is 5.33. The van der Waals surface area contributed by atoms with Crippen molar-refractivity contribution >= 4 is 11.7 Å². The number of alkyl halides is 3. The van der Waals surface area contributed by atoms with Gasteiger partial charge in [-0.3, -0.25) is 14.6 Å². The molecule has 0 spiro atoms. The Hall–Kier alpha value is -4.15. The fraction of sp³-hybridized carbons (Fsp3) is 0.182. The second kappa shape index (κ2) is 7.76. The van der Waals surface area contributed by atoms with E-state index in [0.717, 1.165) is 30.7 Å². The smallest absolute Gasteiger partial charge is 0.416 e. The molecule has 168 valence electrons. The average Bonchev–Trinajstić information content (AvgIpc) is 3.53. The fourth-order valence-corrected chi connectivity index (χ4v) is 3.70. The van der Waals surface area contributed by atoms with E-state index in [4.69, 9.17) is 4.42 Å². The molecular weight excluding hydrogens is 439 g/mol. The monoisotopic (exact) mass is 455 g/mol. The van der Waals surface area contributed by atoms with E-state index in [2.05, 4.69) is 20.4 Å². The molecule has 0 aliphatic heterocycles. The van der Waals surface area contributed by atoms with E-state index in [1.807, 2.05) is 0 Å². The van der Waals surface area contributed by atoms with Crippen molar-refractivity contribution in [2.45, 2.75) is 25.4 Å². The van der Waals surface area contributed by atoms with Gasteiger partial charge >= 0.3 is 6.18 Å². The van der Waals surface area contributed by atoms with Crippen LogP contribution in [0.2, 0.25) is 0 Å². The van der Waals surface area contributed by atoms with Gasteiger partial charge in [-0.15, -0.1) is 0 Å². The molecule has 3 heterocycles. The number of rotatable bonds is 4. The molecule has 0 saturated carbocycles. The largest absolute Gasteiger partial charge is 0.463 e. The van der Waals surface area contributed by atoms with E-state index in [1.54, 1.807) is 12.1 Å². The van der Waals surface area contributed by atoms with Crippen molar-refractivity contribution in [1.82, 2.24) is 19.7 Å². The summed E-state index contributed by atoms with van der Waals surface area (Å²) in [7, 11) is 0. The zero-order valence-electron chi connectivity index (χ0n) is 16.9. The van der Waals surface area contributed by atoms with Gasteiger partial charge in [-0.05, 0) is 55.7 Å². The van der Waals surface area contributed by atoms with Crippen LogP contribution in [0.5, 0.6) is 0 Å². The number of furan rings is 1. The minimum absolute atomic E-state index is 0.0192. The van der Waals surface area contributed by atoms with E-state index in [1.165, 1.54) is 17.0 Å². The van der Waals surface area contributed by atoms with Crippen LogP contribution in [0.4, 0.5) is 19.0 Å². The lowest BCUT2D eigenvalue weighted by atomic mass is 10.1. The summed E-state index contributed by atoms with van der Waals surface area (Å²) in [5, 5.41) is 7.04. The quantitative estimate of drug-likeness (QED) is 0.484. The molecule has 0 bridgehead atoms. The van der Waals surface area contributed by atoms with Crippen molar-refractivity contribution in [3.8, 4) is 17.4 Å².